The van der Waals surface area contributed by atoms with Crippen LogP contribution in [-0.2, 0) is 0 Å². The highest BCUT2D eigenvalue weighted by atomic mass is 79.9. The number of fused-ring (bicyclic) bond motifs is 1. The van der Waals surface area contributed by atoms with Crippen molar-refractivity contribution in [3.05, 3.63) is 28.2 Å². The Morgan fingerprint density at radius 1 is 1.53 bits per heavy atom. The first-order valence-corrected chi connectivity index (χ1v) is 6.24. The van der Waals surface area contributed by atoms with E-state index < -0.39 is 0 Å². The normalized spacial score (nSPS) is 19.4. The van der Waals surface area contributed by atoms with Crippen molar-refractivity contribution in [2.75, 3.05) is 31.6 Å². The summed E-state index contributed by atoms with van der Waals surface area (Å²) in [6.07, 6.45) is 0. The Bertz CT molecular complexity index is 351. The molecule has 1 unspecified atom stereocenters. The van der Waals surface area contributed by atoms with Crippen LogP contribution >= 0.6 is 15.9 Å². The number of nitrogens with one attached hydrogen (secondary N) is 1. The van der Waals surface area contributed by atoms with Crippen molar-refractivity contribution in [2.24, 2.45) is 0 Å². The van der Waals surface area contributed by atoms with E-state index in [2.05, 4.69) is 51.3 Å². The summed E-state index contributed by atoms with van der Waals surface area (Å²) in [5.41, 5.74) is 2.88. The summed E-state index contributed by atoms with van der Waals surface area (Å²) in [5.74, 6) is 0.627. The van der Waals surface area contributed by atoms with Gasteiger partial charge in [-0.05, 0) is 37.7 Å². The third-order valence-electron chi connectivity index (χ3n) is 3.04. The number of hydrogen-bond acceptors (Lipinski definition) is 2. The maximum Gasteiger partial charge on any atom is 0.0403 e. The van der Waals surface area contributed by atoms with Gasteiger partial charge in [0.25, 0.3) is 0 Å². The summed E-state index contributed by atoms with van der Waals surface area (Å²) in [7, 11) is 2.02. The zero-order chi connectivity index (χ0) is 10.8. The third kappa shape index (κ3) is 2.04. The molecule has 0 aliphatic carbocycles. The predicted octanol–water partition coefficient (Wildman–Crippen LogP) is 2.59. The first kappa shape index (κ1) is 11.0. The van der Waals surface area contributed by atoms with E-state index in [1.54, 1.807) is 0 Å². The lowest BCUT2D eigenvalue weighted by Crippen LogP contribution is -2.25. The van der Waals surface area contributed by atoms with Crippen LogP contribution in [-0.4, -0.2) is 26.7 Å². The Labute approximate surface area is 99.8 Å². The van der Waals surface area contributed by atoms with Gasteiger partial charge >= 0.3 is 0 Å². The lowest BCUT2D eigenvalue weighted by atomic mass is 10.0. The van der Waals surface area contributed by atoms with Gasteiger partial charge in [0.2, 0.25) is 0 Å². The maximum absolute atomic E-state index is 3.55. The molecule has 1 N–H and O–H groups in total. The topological polar surface area (TPSA) is 15.3 Å². The average Bonchev–Trinajstić information content (AvgIpc) is 2.57. The van der Waals surface area contributed by atoms with Crippen molar-refractivity contribution in [3.63, 3.8) is 0 Å². The van der Waals surface area contributed by atoms with Gasteiger partial charge in [0.05, 0.1) is 0 Å². The minimum atomic E-state index is 0.627. The molecule has 1 aromatic rings. The van der Waals surface area contributed by atoms with E-state index in [0.717, 1.165) is 19.6 Å². The van der Waals surface area contributed by atoms with E-state index in [0.29, 0.717) is 5.92 Å². The van der Waals surface area contributed by atoms with Crippen LogP contribution in [0.2, 0.25) is 0 Å². The molecule has 1 aliphatic heterocycles. The van der Waals surface area contributed by atoms with Crippen molar-refractivity contribution < 1.29 is 0 Å². The predicted molar refractivity (Wildman–Crippen MR) is 68.7 cm³/mol. The van der Waals surface area contributed by atoms with Crippen LogP contribution < -0.4 is 10.2 Å². The van der Waals surface area contributed by atoms with Crippen LogP contribution in [0.1, 0.15) is 18.4 Å². The first-order chi connectivity index (χ1) is 7.26. The van der Waals surface area contributed by atoms with E-state index in [1.807, 2.05) is 7.05 Å². The Kier molecular flexibility index (Phi) is 3.32. The zero-order valence-corrected chi connectivity index (χ0v) is 10.8. The zero-order valence-electron chi connectivity index (χ0n) is 9.26. The number of likely N-dealkylation sites (N-methyl/N-ethyl adjacent to an activating group) is 2. The molecule has 0 radical (unpaired) electrons. The Morgan fingerprint density at radius 2 is 2.33 bits per heavy atom. The number of hydrogen-bond donors (Lipinski definition) is 1. The smallest absolute Gasteiger partial charge is 0.0403 e. The highest BCUT2D eigenvalue weighted by molar-refractivity contribution is 9.10. The molecule has 82 valence electrons. The molecule has 2 nitrogen and oxygen atoms in total. The van der Waals surface area contributed by atoms with Crippen LogP contribution in [0.4, 0.5) is 5.69 Å². The molecule has 1 atom stereocenters. The van der Waals surface area contributed by atoms with Gasteiger partial charge in [-0.3, -0.25) is 0 Å². The van der Waals surface area contributed by atoms with Gasteiger partial charge in [-0.25, -0.2) is 0 Å². The second-order valence-electron chi connectivity index (χ2n) is 4.00. The molecule has 15 heavy (non-hydrogen) atoms. The van der Waals surface area contributed by atoms with Gasteiger partial charge in [0, 0.05) is 35.7 Å². The summed E-state index contributed by atoms with van der Waals surface area (Å²) in [4.78, 5) is 2.45. The summed E-state index contributed by atoms with van der Waals surface area (Å²) < 4.78 is 1.18. The second-order valence-corrected chi connectivity index (χ2v) is 4.91. The van der Waals surface area contributed by atoms with Gasteiger partial charge in [-0.1, -0.05) is 15.9 Å². The number of rotatable bonds is 3. The van der Waals surface area contributed by atoms with Gasteiger partial charge in [-0.15, -0.1) is 0 Å². The van der Waals surface area contributed by atoms with Crippen molar-refractivity contribution in [1.82, 2.24) is 5.32 Å². The molecule has 3 heteroatoms. The lowest BCUT2D eigenvalue weighted by Gasteiger charge is -2.16. The third-order valence-corrected chi connectivity index (χ3v) is 3.54. The minimum Gasteiger partial charge on any atom is -0.371 e. The monoisotopic (exact) mass is 268 g/mol. The first-order valence-electron chi connectivity index (χ1n) is 5.45. The molecule has 0 bridgehead atoms. The number of halogens is 1. The number of benzene rings is 1. The van der Waals surface area contributed by atoms with Crippen molar-refractivity contribution in [2.45, 2.75) is 12.8 Å². The summed E-state index contributed by atoms with van der Waals surface area (Å²) in [6, 6.07) is 6.61. The largest absolute Gasteiger partial charge is 0.371 e. The van der Waals surface area contributed by atoms with E-state index in [-0.39, 0.29) is 0 Å². The maximum atomic E-state index is 3.55. The second kappa shape index (κ2) is 4.54. The van der Waals surface area contributed by atoms with Crippen molar-refractivity contribution >= 4 is 21.6 Å². The van der Waals surface area contributed by atoms with Crippen molar-refractivity contribution in [1.29, 1.82) is 0 Å². The van der Waals surface area contributed by atoms with Crippen LogP contribution in [0.3, 0.4) is 0 Å². The fraction of sp³-hybridized carbons (Fsp3) is 0.500. The van der Waals surface area contributed by atoms with E-state index in [4.69, 9.17) is 0 Å². The van der Waals surface area contributed by atoms with E-state index in [1.165, 1.54) is 15.7 Å². The number of anilines is 1. The summed E-state index contributed by atoms with van der Waals surface area (Å²) >= 11 is 3.55. The quantitative estimate of drug-likeness (QED) is 0.907. The van der Waals surface area contributed by atoms with Crippen molar-refractivity contribution in [3.8, 4) is 0 Å². The fourth-order valence-electron chi connectivity index (χ4n) is 2.32. The summed E-state index contributed by atoms with van der Waals surface area (Å²) in [5, 5.41) is 3.27. The van der Waals surface area contributed by atoms with Crippen LogP contribution in [0, 0.1) is 0 Å². The molecular weight excluding hydrogens is 252 g/mol. The molecule has 1 aromatic carbocycles. The number of nitrogens with zero attached hydrogens (tertiary/aromatic N) is 1. The Morgan fingerprint density at radius 3 is 3.00 bits per heavy atom. The molecule has 0 saturated carbocycles. The molecule has 0 amide bonds. The highest BCUT2D eigenvalue weighted by Crippen LogP contribution is 2.37. The van der Waals surface area contributed by atoms with Gasteiger partial charge in [0.1, 0.15) is 0 Å². The minimum absolute atomic E-state index is 0.627. The molecule has 0 saturated heterocycles. The molecule has 0 spiro atoms. The van der Waals surface area contributed by atoms with Crippen LogP contribution in [0.15, 0.2) is 22.7 Å². The van der Waals surface area contributed by atoms with Gasteiger partial charge in [-0.2, -0.15) is 0 Å². The molecule has 2 rings (SSSR count). The highest BCUT2D eigenvalue weighted by Gasteiger charge is 2.26. The standard InChI is InChI=1S/C12H17BrN2/c1-3-15-8-9(7-14-2)11-6-10(13)4-5-12(11)15/h4-6,9,14H,3,7-8H2,1-2H3. The van der Waals surface area contributed by atoms with E-state index >= 15 is 0 Å². The molecule has 0 fully saturated rings. The van der Waals surface area contributed by atoms with Crippen LogP contribution in [0.5, 0.6) is 0 Å². The summed E-state index contributed by atoms with van der Waals surface area (Å²) in [6.45, 7) is 5.51. The fourth-order valence-corrected chi connectivity index (χ4v) is 2.70. The molecular formula is C12H17BrN2. The van der Waals surface area contributed by atoms with Gasteiger partial charge < -0.3 is 10.2 Å². The SMILES string of the molecule is CCN1CC(CNC)c2cc(Br)ccc21. The Hall–Kier alpha value is -0.540. The van der Waals surface area contributed by atoms with Gasteiger partial charge in [0.15, 0.2) is 0 Å². The molecule has 1 heterocycles. The average molecular weight is 269 g/mol. The lowest BCUT2D eigenvalue weighted by molar-refractivity contribution is 0.644. The Balaban J connectivity index is 2.34. The molecule has 0 aromatic heterocycles. The van der Waals surface area contributed by atoms with Crippen LogP contribution in [0.25, 0.3) is 0 Å². The van der Waals surface area contributed by atoms with E-state index in [9.17, 15) is 0 Å². The molecule has 1 aliphatic rings.